The molecule has 2 amide bonds. The Hall–Kier alpha value is -1.51. The van der Waals surface area contributed by atoms with Gasteiger partial charge in [-0.3, -0.25) is 4.79 Å². The van der Waals surface area contributed by atoms with Gasteiger partial charge < -0.3 is 15.3 Å². The van der Waals surface area contributed by atoms with Crippen LogP contribution < -0.4 is 5.32 Å². The van der Waals surface area contributed by atoms with Crippen LogP contribution in [0, 0.1) is 0 Å². The van der Waals surface area contributed by atoms with Gasteiger partial charge in [0.15, 0.2) is 0 Å². The van der Waals surface area contributed by atoms with Gasteiger partial charge in [0, 0.05) is 9.75 Å². The zero-order valence-corrected chi connectivity index (χ0v) is 17.4. The van der Waals surface area contributed by atoms with Crippen LogP contribution in [0.3, 0.4) is 0 Å². The molecule has 8 heteroatoms. The van der Waals surface area contributed by atoms with Crippen molar-refractivity contribution in [1.82, 2.24) is 10.2 Å². The summed E-state index contributed by atoms with van der Waals surface area (Å²) >= 11 is 4.30. The number of thioether (sulfide) groups is 1. The molecule has 142 valence electrons. The molecule has 0 aliphatic heterocycles. The lowest BCUT2D eigenvalue weighted by Gasteiger charge is -2.31. The average molecular weight is 413 g/mol. The number of rotatable bonds is 9. The van der Waals surface area contributed by atoms with Crippen molar-refractivity contribution in [3.05, 3.63) is 44.8 Å². The van der Waals surface area contributed by atoms with Gasteiger partial charge in [-0.25, -0.2) is 4.79 Å². The van der Waals surface area contributed by atoms with Gasteiger partial charge in [-0.15, -0.1) is 22.7 Å². The van der Waals surface area contributed by atoms with Crippen molar-refractivity contribution < 1.29 is 14.7 Å². The first-order valence-corrected chi connectivity index (χ1v) is 11.0. The summed E-state index contributed by atoms with van der Waals surface area (Å²) in [6, 6.07) is 7.96. The summed E-state index contributed by atoms with van der Waals surface area (Å²) in [6.07, 6.45) is 1.30. The highest BCUT2D eigenvalue weighted by atomic mass is 32.2. The molecule has 2 N–H and O–H groups in total. The van der Waals surface area contributed by atoms with Crippen molar-refractivity contribution in [1.29, 1.82) is 0 Å². The summed E-state index contributed by atoms with van der Waals surface area (Å²) in [5.41, 5.74) is 0. The molecular formula is C18H24N2O3S3. The quantitative estimate of drug-likeness (QED) is 0.508. The summed E-state index contributed by atoms with van der Waals surface area (Å²) in [5.74, 6) is 0. The van der Waals surface area contributed by atoms with Gasteiger partial charge in [-0.05, 0) is 48.0 Å². The molecule has 0 fully saturated rings. The van der Waals surface area contributed by atoms with Crippen LogP contribution in [0.25, 0.3) is 0 Å². The van der Waals surface area contributed by atoms with Crippen LogP contribution in [0.4, 0.5) is 9.59 Å². The lowest BCUT2D eigenvalue weighted by atomic mass is 10.1. The summed E-state index contributed by atoms with van der Waals surface area (Å²) in [4.78, 5) is 27.4. The standard InChI is InChI=1S/C18H24N2O3S3/c1-3-4-9-18(2,19-16(21)22)26-17(23)20(12-14-7-5-10-24-14)13-15-8-6-11-25-15/h5-8,10-11,19H,3-4,9,12-13H2,1-2H3,(H,21,22)/t18-/m0/s1. The number of thiophene rings is 2. The Morgan fingerprint density at radius 3 is 2.19 bits per heavy atom. The Bertz CT molecular complexity index is 652. The molecule has 2 aromatic rings. The van der Waals surface area contributed by atoms with E-state index >= 15 is 0 Å². The van der Waals surface area contributed by atoms with Gasteiger partial charge in [-0.1, -0.05) is 31.9 Å². The molecule has 0 radical (unpaired) electrons. The molecule has 0 aliphatic rings. The Balaban J connectivity index is 2.13. The highest BCUT2D eigenvalue weighted by Gasteiger charge is 2.32. The van der Waals surface area contributed by atoms with Gasteiger partial charge in [0.2, 0.25) is 0 Å². The van der Waals surface area contributed by atoms with Crippen molar-refractivity contribution >= 4 is 45.8 Å². The number of hydrogen-bond acceptors (Lipinski definition) is 5. The average Bonchev–Trinajstić information content (AvgIpc) is 3.25. The maximum atomic E-state index is 13.0. The van der Waals surface area contributed by atoms with Crippen LogP contribution >= 0.6 is 34.4 Å². The van der Waals surface area contributed by atoms with Crippen molar-refractivity contribution in [2.45, 2.75) is 51.1 Å². The van der Waals surface area contributed by atoms with Crippen LogP contribution in [-0.4, -0.2) is 26.2 Å². The lowest BCUT2D eigenvalue weighted by molar-refractivity contribution is 0.187. The number of carbonyl (C=O) groups excluding carboxylic acids is 1. The van der Waals surface area contributed by atoms with E-state index in [2.05, 4.69) is 5.32 Å². The zero-order valence-electron chi connectivity index (χ0n) is 14.9. The fraction of sp³-hybridized carbons (Fsp3) is 0.444. The van der Waals surface area contributed by atoms with Crippen molar-refractivity contribution in [3.63, 3.8) is 0 Å². The van der Waals surface area contributed by atoms with Crippen LogP contribution in [0.5, 0.6) is 0 Å². The molecule has 0 saturated carbocycles. The Kier molecular flexibility index (Phi) is 7.99. The van der Waals surface area contributed by atoms with E-state index in [4.69, 9.17) is 5.11 Å². The van der Waals surface area contributed by atoms with Gasteiger partial charge in [0.1, 0.15) is 0 Å². The largest absolute Gasteiger partial charge is 0.465 e. The molecule has 0 spiro atoms. The molecule has 0 aromatic carbocycles. The molecule has 0 saturated heterocycles. The number of hydrogen-bond donors (Lipinski definition) is 2. The number of nitrogens with zero attached hydrogens (tertiary/aromatic N) is 1. The normalized spacial score (nSPS) is 13.2. The zero-order chi connectivity index (χ0) is 19.0. The number of amides is 2. The molecule has 0 bridgehead atoms. The maximum Gasteiger partial charge on any atom is 0.405 e. The van der Waals surface area contributed by atoms with E-state index < -0.39 is 11.0 Å². The minimum Gasteiger partial charge on any atom is -0.465 e. The minimum absolute atomic E-state index is 0.112. The lowest BCUT2D eigenvalue weighted by Crippen LogP contribution is -2.45. The van der Waals surface area contributed by atoms with Crippen LogP contribution in [0.1, 0.15) is 42.9 Å². The third kappa shape index (κ3) is 6.66. The van der Waals surface area contributed by atoms with E-state index in [0.29, 0.717) is 19.5 Å². The van der Waals surface area contributed by atoms with Crippen LogP contribution in [0.2, 0.25) is 0 Å². The molecule has 2 heterocycles. The summed E-state index contributed by atoms with van der Waals surface area (Å²) in [7, 11) is 0. The molecule has 0 unspecified atom stereocenters. The number of carboxylic acid groups (broad SMARTS) is 1. The molecule has 0 aliphatic carbocycles. The van der Waals surface area contributed by atoms with E-state index in [1.165, 1.54) is 0 Å². The number of nitrogens with one attached hydrogen (secondary N) is 1. The van der Waals surface area contributed by atoms with Crippen molar-refractivity contribution in [2.24, 2.45) is 0 Å². The highest BCUT2D eigenvalue weighted by Crippen LogP contribution is 2.32. The van der Waals surface area contributed by atoms with Gasteiger partial charge in [0.05, 0.1) is 18.0 Å². The topological polar surface area (TPSA) is 69.6 Å². The van der Waals surface area contributed by atoms with Crippen LogP contribution in [0.15, 0.2) is 35.0 Å². The van der Waals surface area contributed by atoms with E-state index in [9.17, 15) is 9.59 Å². The predicted molar refractivity (Wildman–Crippen MR) is 110 cm³/mol. The minimum atomic E-state index is -1.10. The first kappa shape index (κ1) is 20.8. The first-order chi connectivity index (χ1) is 12.4. The third-order valence-electron chi connectivity index (χ3n) is 3.80. The fourth-order valence-corrected chi connectivity index (χ4v) is 4.97. The summed E-state index contributed by atoms with van der Waals surface area (Å²) in [5, 5.41) is 15.6. The third-order valence-corrected chi connectivity index (χ3v) is 6.71. The Labute approximate surface area is 166 Å². The van der Waals surface area contributed by atoms with E-state index in [1.807, 2.05) is 41.9 Å². The SMILES string of the molecule is CCCC[C@@](C)(NC(=O)O)SC(=O)N(Cc1cccs1)Cc1cccs1. The molecular weight excluding hydrogens is 388 g/mol. The fourth-order valence-electron chi connectivity index (χ4n) is 2.50. The van der Waals surface area contributed by atoms with Gasteiger partial charge in [0.25, 0.3) is 5.24 Å². The molecule has 5 nitrogen and oxygen atoms in total. The summed E-state index contributed by atoms with van der Waals surface area (Å²) < 4.78 is 0. The predicted octanol–water partition coefficient (Wildman–Crippen LogP) is 5.84. The second-order valence-corrected chi connectivity index (χ2v) is 9.67. The monoisotopic (exact) mass is 412 g/mol. The maximum absolute atomic E-state index is 13.0. The second-order valence-electron chi connectivity index (χ2n) is 6.15. The first-order valence-electron chi connectivity index (χ1n) is 8.45. The molecule has 2 rings (SSSR count). The number of unbranched alkanes of at least 4 members (excludes halogenated alkanes) is 1. The van der Waals surface area contributed by atoms with E-state index in [1.54, 1.807) is 34.5 Å². The van der Waals surface area contributed by atoms with Crippen molar-refractivity contribution in [3.8, 4) is 0 Å². The second kappa shape index (κ2) is 9.99. The van der Waals surface area contributed by atoms with Gasteiger partial charge in [-0.2, -0.15) is 0 Å². The number of carbonyl (C=O) groups is 2. The van der Waals surface area contributed by atoms with Gasteiger partial charge >= 0.3 is 6.09 Å². The van der Waals surface area contributed by atoms with E-state index in [0.717, 1.165) is 34.4 Å². The van der Waals surface area contributed by atoms with Crippen LogP contribution in [-0.2, 0) is 13.1 Å². The Morgan fingerprint density at radius 2 is 1.77 bits per heavy atom. The smallest absolute Gasteiger partial charge is 0.405 e. The summed E-state index contributed by atoms with van der Waals surface area (Å²) in [6.45, 7) is 4.89. The molecule has 2 aromatic heterocycles. The molecule has 26 heavy (non-hydrogen) atoms. The highest BCUT2D eigenvalue weighted by molar-refractivity contribution is 8.14. The Morgan fingerprint density at radius 1 is 1.19 bits per heavy atom. The van der Waals surface area contributed by atoms with E-state index in [-0.39, 0.29) is 5.24 Å². The molecule has 1 atom stereocenters. The van der Waals surface area contributed by atoms with Crippen molar-refractivity contribution in [2.75, 3.05) is 0 Å².